The summed E-state index contributed by atoms with van der Waals surface area (Å²) in [5.41, 5.74) is 3.06. The van der Waals surface area contributed by atoms with Gasteiger partial charge in [-0.3, -0.25) is 4.68 Å². The first kappa shape index (κ1) is 16.8. The first-order valence-electron chi connectivity index (χ1n) is 8.35. The van der Waals surface area contributed by atoms with Crippen molar-refractivity contribution in [2.75, 3.05) is 6.54 Å². The van der Waals surface area contributed by atoms with Crippen LogP contribution in [-0.2, 0) is 20.1 Å². The Bertz CT molecular complexity index is 817. The van der Waals surface area contributed by atoms with Crippen LogP contribution in [0.3, 0.4) is 0 Å². The van der Waals surface area contributed by atoms with E-state index in [1.165, 1.54) is 0 Å². The normalized spacial score (nSPS) is 11.5. The van der Waals surface area contributed by atoms with Crippen molar-refractivity contribution in [3.8, 4) is 5.69 Å². The maximum absolute atomic E-state index is 4.61. The Morgan fingerprint density at radius 3 is 2.68 bits per heavy atom. The summed E-state index contributed by atoms with van der Waals surface area (Å²) < 4.78 is 3.71. The van der Waals surface area contributed by atoms with Crippen LogP contribution in [0.2, 0.25) is 0 Å². The lowest BCUT2D eigenvalue weighted by molar-refractivity contribution is 0.684. The minimum Gasteiger partial charge on any atom is -0.357 e. The van der Waals surface area contributed by atoms with Crippen molar-refractivity contribution in [2.45, 2.75) is 20.0 Å². The summed E-state index contributed by atoms with van der Waals surface area (Å²) in [7, 11) is 1.93. The van der Waals surface area contributed by atoms with Gasteiger partial charge in [0.1, 0.15) is 0 Å². The Morgan fingerprint density at radius 2 is 1.96 bits per heavy atom. The molecular weight excluding hydrogens is 314 g/mol. The molecule has 130 valence electrons. The van der Waals surface area contributed by atoms with Crippen molar-refractivity contribution in [1.29, 1.82) is 0 Å². The summed E-state index contributed by atoms with van der Waals surface area (Å²) in [5, 5.41) is 15.3. The fourth-order valence-electron chi connectivity index (χ4n) is 2.42. The highest BCUT2D eigenvalue weighted by Gasteiger charge is 2.03. The molecule has 7 nitrogen and oxygen atoms in total. The number of nitrogens with zero attached hydrogens (tertiary/aromatic N) is 5. The molecule has 0 amide bonds. The zero-order valence-corrected chi connectivity index (χ0v) is 14.6. The standard InChI is InChI=1S/C18H23N7/c1-3-19-18(21-14-17-9-11-22-24(17)2)20-13-15-10-12-25(23-15)16-7-5-4-6-8-16/h4-12H,3,13-14H2,1-2H3,(H2,19,20,21). The molecule has 0 aliphatic carbocycles. The monoisotopic (exact) mass is 337 g/mol. The second kappa shape index (κ2) is 8.14. The predicted octanol–water partition coefficient (Wildman–Crippen LogP) is 1.86. The molecule has 2 N–H and O–H groups in total. The van der Waals surface area contributed by atoms with Crippen LogP contribution in [0.25, 0.3) is 5.69 Å². The molecule has 0 fully saturated rings. The molecule has 2 heterocycles. The summed E-state index contributed by atoms with van der Waals surface area (Å²) in [6.45, 7) is 4.03. The molecule has 7 heteroatoms. The molecule has 0 atom stereocenters. The van der Waals surface area contributed by atoms with Crippen molar-refractivity contribution < 1.29 is 0 Å². The summed E-state index contributed by atoms with van der Waals surface area (Å²) in [6, 6.07) is 14.0. The predicted molar refractivity (Wildman–Crippen MR) is 98.4 cm³/mol. The van der Waals surface area contributed by atoms with Gasteiger partial charge in [0.15, 0.2) is 5.96 Å². The van der Waals surface area contributed by atoms with Gasteiger partial charge in [0.05, 0.1) is 30.2 Å². The zero-order chi connectivity index (χ0) is 17.5. The van der Waals surface area contributed by atoms with E-state index in [0.29, 0.717) is 13.1 Å². The number of aromatic nitrogens is 4. The highest BCUT2D eigenvalue weighted by atomic mass is 15.3. The molecule has 25 heavy (non-hydrogen) atoms. The van der Waals surface area contributed by atoms with E-state index < -0.39 is 0 Å². The average Bonchev–Trinajstić information content (AvgIpc) is 3.27. The highest BCUT2D eigenvalue weighted by molar-refractivity contribution is 5.79. The van der Waals surface area contributed by atoms with Crippen molar-refractivity contribution in [3.05, 3.63) is 66.2 Å². The lowest BCUT2D eigenvalue weighted by Crippen LogP contribution is -2.37. The van der Waals surface area contributed by atoms with Gasteiger partial charge in [-0.15, -0.1) is 0 Å². The van der Waals surface area contributed by atoms with Crippen LogP contribution in [0, 0.1) is 0 Å². The van der Waals surface area contributed by atoms with Crippen molar-refractivity contribution in [2.24, 2.45) is 12.0 Å². The van der Waals surface area contributed by atoms with Gasteiger partial charge in [-0.25, -0.2) is 9.67 Å². The first-order chi connectivity index (χ1) is 12.3. The number of nitrogens with one attached hydrogen (secondary N) is 2. The van der Waals surface area contributed by atoms with E-state index >= 15 is 0 Å². The van der Waals surface area contributed by atoms with Gasteiger partial charge in [-0.1, -0.05) is 18.2 Å². The Labute approximate surface area is 147 Å². The third-order valence-corrected chi connectivity index (χ3v) is 3.77. The fraction of sp³-hybridized carbons (Fsp3) is 0.278. The smallest absolute Gasteiger partial charge is 0.191 e. The van der Waals surface area contributed by atoms with Crippen LogP contribution in [0.5, 0.6) is 0 Å². The van der Waals surface area contributed by atoms with E-state index in [1.54, 1.807) is 6.20 Å². The molecule has 3 rings (SSSR count). The van der Waals surface area contributed by atoms with Gasteiger partial charge in [0.2, 0.25) is 0 Å². The third-order valence-electron chi connectivity index (χ3n) is 3.77. The molecule has 1 aromatic carbocycles. The number of hydrogen-bond donors (Lipinski definition) is 2. The van der Waals surface area contributed by atoms with E-state index in [4.69, 9.17) is 0 Å². The highest BCUT2D eigenvalue weighted by Crippen LogP contribution is 2.07. The van der Waals surface area contributed by atoms with E-state index in [1.807, 2.05) is 72.0 Å². The second-order valence-electron chi connectivity index (χ2n) is 5.58. The van der Waals surface area contributed by atoms with Crippen LogP contribution in [-0.4, -0.2) is 32.1 Å². The molecule has 0 radical (unpaired) electrons. The summed E-state index contributed by atoms with van der Waals surface area (Å²) in [6.07, 6.45) is 3.74. The number of para-hydroxylation sites is 1. The molecule has 0 aliphatic heterocycles. The van der Waals surface area contributed by atoms with Gasteiger partial charge in [-0.05, 0) is 31.2 Å². The largest absolute Gasteiger partial charge is 0.357 e. The van der Waals surface area contributed by atoms with Gasteiger partial charge in [-0.2, -0.15) is 10.2 Å². The number of aliphatic imine (C=N–C) groups is 1. The molecule has 0 unspecified atom stereocenters. The Hall–Kier alpha value is -3.09. The van der Waals surface area contributed by atoms with Crippen molar-refractivity contribution in [1.82, 2.24) is 30.2 Å². The Morgan fingerprint density at radius 1 is 1.12 bits per heavy atom. The van der Waals surface area contributed by atoms with Crippen molar-refractivity contribution >= 4 is 5.96 Å². The SMILES string of the molecule is CCNC(=NCc1ccn(-c2ccccc2)n1)NCc1ccnn1C. The molecule has 3 aromatic rings. The summed E-state index contributed by atoms with van der Waals surface area (Å²) in [5.74, 6) is 0.762. The summed E-state index contributed by atoms with van der Waals surface area (Å²) in [4.78, 5) is 4.61. The molecule has 0 saturated heterocycles. The molecule has 0 saturated carbocycles. The summed E-state index contributed by atoms with van der Waals surface area (Å²) >= 11 is 0. The van der Waals surface area contributed by atoms with Gasteiger partial charge >= 0.3 is 0 Å². The van der Waals surface area contributed by atoms with E-state index in [-0.39, 0.29) is 0 Å². The van der Waals surface area contributed by atoms with Crippen LogP contribution in [0.15, 0.2) is 59.9 Å². The topological polar surface area (TPSA) is 72.1 Å². The van der Waals surface area contributed by atoms with Crippen LogP contribution < -0.4 is 10.6 Å². The quantitative estimate of drug-likeness (QED) is 0.532. The van der Waals surface area contributed by atoms with Crippen LogP contribution in [0.4, 0.5) is 0 Å². The molecule has 2 aromatic heterocycles. The van der Waals surface area contributed by atoms with E-state index in [9.17, 15) is 0 Å². The number of guanidine groups is 1. The number of aryl methyl sites for hydroxylation is 1. The average molecular weight is 337 g/mol. The van der Waals surface area contributed by atoms with Gasteiger partial charge in [0, 0.05) is 26.0 Å². The lowest BCUT2D eigenvalue weighted by atomic mass is 10.3. The second-order valence-corrected chi connectivity index (χ2v) is 5.58. The minimum absolute atomic E-state index is 0.514. The number of rotatable bonds is 6. The zero-order valence-electron chi connectivity index (χ0n) is 14.6. The number of hydrogen-bond acceptors (Lipinski definition) is 3. The Kier molecular flexibility index (Phi) is 5.46. The Balaban J connectivity index is 1.63. The van der Waals surface area contributed by atoms with Gasteiger partial charge in [0.25, 0.3) is 0 Å². The molecule has 0 spiro atoms. The molecule has 0 aliphatic rings. The van der Waals surface area contributed by atoms with Crippen LogP contribution >= 0.6 is 0 Å². The van der Waals surface area contributed by atoms with E-state index in [0.717, 1.165) is 29.6 Å². The maximum Gasteiger partial charge on any atom is 0.191 e. The van der Waals surface area contributed by atoms with Crippen LogP contribution in [0.1, 0.15) is 18.3 Å². The van der Waals surface area contributed by atoms with Gasteiger partial charge < -0.3 is 10.6 Å². The fourth-order valence-corrected chi connectivity index (χ4v) is 2.42. The maximum atomic E-state index is 4.61. The molecule has 0 bridgehead atoms. The third kappa shape index (κ3) is 4.47. The van der Waals surface area contributed by atoms with Crippen molar-refractivity contribution in [3.63, 3.8) is 0 Å². The van der Waals surface area contributed by atoms with E-state index in [2.05, 4.69) is 25.8 Å². The minimum atomic E-state index is 0.514. The first-order valence-corrected chi connectivity index (χ1v) is 8.35. The lowest BCUT2D eigenvalue weighted by Gasteiger charge is -2.11. The number of benzene rings is 1. The molecular formula is C18H23N7.